The molecular weight excluding hydrogens is 402 g/mol. The molecule has 30 heavy (non-hydrogen) atoms. The van der Waals surface area contributed by atoms with Gasteiger partial charge >= 0.3 is 0 Å². The largest absolute Gasteiger partial charge is 0.349 e. The molecule has 0 spiro atoms. The summed E-state index contributed by atoms with van der Waals surface area (Å²) in [6.45, 7) is 1.66. The van der Waals surface area contributed by atoms with Crippen LogP contribution < -0.4 is 10.6 Å². The summed E-state index contributed by atoms with van der Waals surface area (Å²) in [4.78, 5) is 34.1. The Balaban J connectivity index is 1.53. The number of amides is 2. The van der Waals surface area contributed by atoms with Gasteiger partial charge in [-0.15, -0.1) is 0 Å². The van der Waals surface area contributed by atoms with E-state index in [0.717, 1.165) is 24.6 Å². The number of hydrogen-bond donors (Lipinski definition) is 3. The van der Waals surface area contributed by atoms with Crippen LogP contribution in [0.4, 0.5) is 5.69 Å². The molecule has 7 nitrogen and oxygen atoms in total. The van der Waals surface area contributed by atoms with Crippen molar-refractivity contribution in [2.75, 3.05) is 19.4 Å². The van der Waals surface area contributed by atoms with Crippen LogP contribution in [0.3, 0.4) is 0 Å². The number of nitrogens with one attached hydrogen (secondary N) is 3. The van der Waals surface area contributed by atoms with E-state index in [0.29, 0.717) is 40.9 Å². The first kappa shape index (κ1) is 20.4. The van der Waals surface area contributed by atoms with Crippen molar-refractivity contribution < 1.29 is 9.59 Å². The molecule has 0 aliphatic carbocycles. The topological polar surface area (TPSA) is 90.1 Å². The molecule has 4 rings (SSSR count). The van der Waals surface area contributed by atoms with E-state index < -0.39 is 0 Å². The summed E-state index contributed by atoms with van der Waals surface area (Å²) >= 11 is 6.25. The molecule has 1 aliphatic rings. The summed E-state index contributed by atoms with van der Waals surface area (Å²) in [7, 11) is 3.49. The summed E-state index contributed by atoms with van der Waals surface area (Å²) in [6.07, 6.45) is 1.74. The van der Waals surface area contributed by atoms with E-state index >= 15 is 0 Å². The smallest absolute Gasteiger partial charge is 0.257 e. The van der Waals surface area contributed by atoms with Crippen LogP contribution in [0.5, 0.6) is 0 Å². The van der Waals surface area contributed by atoms with Crippen LogP contribution in [0.1, 0.15) is 40.2 Å². The molecule has 3 N–H and O–H groups in total. The molecule has 0 saturated heterocycles. The third kappa shape index (κ3) is 4.32. The quantitative estimate of drug-likeness (QED) is 0.564. The van der Waals surface area contributed by atoms with Crippen molar-refractivity contribution in [3.63, 3.8) is 0 Å². The lowest BCUT2D eigenvalue weighted by Crippen LogP contribution is -2.21. The number of imidazole rings is 1. The summed E-state index contributed by atoms with van der Waals surface area (Å²) in [6, 6.07) is 9.32. The number of carbonyl (C=O) groups is 2. The second-order valence-corrected chi connectivity index (χ2v) is 8.15. The highest BCUT2D eigenvalue weighted by atomic mass is 35.5. The Morgan fingerprint density at radius 1 is 1.17 bits per heavy atom. The highest BCUT2D eigenvalue weighted by molar-refractivity contribution is 6.32. The number of carbonyl (C=O) groups excluding carboxylic acids is 2. The average Bonchev–Trinajstić information content (AvgIpc) is 3.32. The number of aromatic amines is 1. The maximum absolute atomic E-state index is 13.0. The molecule has 0 fully saturated rings. The minimum Gasteiger partial charge on any atom is -0.349 e. The predicted octanol–water partition coefficient (Wildman–Crippen LogP) is 3.48. The van der Waals surface area contributed by atoms with Gasteiger partial charge in [-0.2, -0.15) is 0 Å². The first-order valence-corrected chi connectivity index (χ1v) is 10.3. The number of fused-ring (bicyclic) bond motifs is 2. The van der Waals surface area contributed by atoms with Crippen LogP contribution in [-0.2, 0) is 24.3 Å². The van der Waals surface area contributed by atoms with E-state index in [1.807, 2.05) is 18.2 Å². The lowest BCUT2D eigenvalue weighted by molar-refractivity contribution is -0.128. The number of aromatic nitrogens is 2. The lowest BCUT2D eigenvalue weighted by atomic mass is 10.1. The van der Waals surface area contributed by atoms with Crippen LogP contribution in [0, 0.1) is 0 Å². The second-order valence-electron chi connectivity index (χ2n) is 7.72. The summed E-state index contributed by atoms with van der Waals surface area (Å²) in [5.74, 6) is 0.560. The first-order chi connectivity index (χ1) is 14.4. The Labute approximate surface area is 179 Å². The van der Waals surface area contributed by atoms with Gasteiger partial charge in [0.1, 0.15) is 11.3 Å². The number of H-pyrrole nitrogens is 1. The van der Waals surface area contributed by atoms with Crippen LogP contribution >= 0.6 is 11.6 Å². The Bertz CT molecular complexity index is 1120. The third-order valence-corrected chi connectivity index (χ3v) is 5.46. The van der Waals surface area contributed by atoms with Gasteiger partial charge in [-0.25, -0.2) is 4.98 Å². The van der Waals surface area contributed by atoms with E-state index in [1.54, 1.807) is 31.1 Å². The summed E-state index contributed by atoms with van der Waals surface area (Å²) in [5.41, 5.74) is 4.89. The summed E-state index contributed by atoms with van der Waals surface area (Å²) < 4.78 is 0. The number of benzene rings is 2. The molecule has 0 radical (unpaired) electrons. The summed E-state index contributed by atoms with van der Waals surface area (Å²) in [5, 5.41) is 6.72. The average molecular weight is 426 g/mol. The van der Waals surface area contributed by atoms with Gasteiger partial charge in [-0.1, -0.05) is 17.7 Å². The van der Waals surface area contributed by atoms with Crippen LogP contribution in [0.25, 0.3) is 11.0 Å². The first-order valence-electron chi connectivity index (χ1n) is 9.93. The maximum Gasteiger partial charge on any atom is 0.257 e. The fraction of sp³-hybridized carbons (Fsp3) is 0.318. The lowest BCUT2D eigenvalue weighted by Gasteiger charge is -2.08. The maximum atomic E-state index is 13.0. The van der Waals surface area contributed by atoms with Gasteiger partial charge in [0.25, 0.3) is 5.91 Å². The van der Waals surface area contributed by atoms with E-state index in [9.17, 15) is 9.59 Å². The number of anilines is 1. The van der Waals surface area contributed by atoms with Crippen molar-refractivity contribution in [3.8, 4) is 0 Å². The zero-order valence-corrected chi connectivity index (χ0v) is 17.8. The fourth-order valence-corrected chi connectivity index (χ4v) is 3.84. The van der Waals surface area contributed by atoms with Gasteiger partial charge < -0.3 is 20.5 Å². The van der Waals surface area contributed by atoms with Crippen molar-refractivity contribution in [1.29, 1.82) is 0 Å². The molecule has 8 heteroatoms. The number of hydrogen-bond acceptors (Lipinski definition) is 4. The van der Waals surface area contributed by atoms with Crippen molar-refractivity contribution in [2.24, 2.45) is 0 Å². The van der Waals surface area contributed by atoms with Crippen LogP contribution in [0.2, 0.25) is 5.02 Å². The Morgan fingerprint density at radius 2 is 1.97 bits per heavy atom. The number of aryl methyl sites for hydroxylation is 1. The number of halogens is 1. The normalized spacial score (nSPS) is 12.8. The van der Waals surface area contributed by atoms with Gasteiger partial charge in [0, 0.05) is 50.7 Å². The van der Waals surface area contributed by atoms with Gasteiger partial charge in [0.15, 0.2) is 0 Å². The molecule has 2 amide bonds. The van der Waals surface area contributed by atoms with Crippen molar-refractivity contribution >= 4 is 40.1 Å². The Hall–Kier alpha value is -2.90. The molecule has 0 atom stereocenters. The highest BCUT2D eigenvalue weighted by Crippen LogP contribution is 2.25. The van der Waals surface area contributed by atoms with Crippen LogP contribution in [-0.4, -0.2) is 40.8 Å². The molecule has 0 saturated carbocycles. The molecule has 1 aliphatic heterocycles. The van der Waals surface area contributed by atoms with Crippen LogP contribution in [0.15, 0.2) is 30.3 Å². The Kier molecular flexibility index (Phi) is 5.74. The molecule has 1 aromatic heterocycles. The highest BCUT2D eigenvalue weighted by Gasteiger charge is 2.17. The van der Waals surface area contributed by atoms with E-state index in [2.05, 4.69) is 20.6 Å². The van der Waals surface area contributed by atoms with E-state index in [4.69, 9.17) is 11.6 Å². The molecular formula is C22H24ClN5O2. The Morgan fingerprint density at radius 3 is 2.77 bits per heavy atom. The van der Waals surface area contributed by atoms with Crippen molar-refractivity contribution in [2.45, 2.75) is 32.4 Å². The minimum atomic E-state index is -0.255. The second kappa shape index (κ2) is 8.45. The molecule has 0 bridgehead atoms. The van der Waals surface area contributed by atoms with Crippen molar-refractivity contribution in [1.82, 2.24) is 20.2 Å². The minimum absolute atomic E-state index is 0.0822. The standard InChI is InChI=1S/C22H24ClN5O2/c1-28(2)20(29)5-3-4-19-26-18-10-15(23)9-17(21(18)27-19)22(30)25-16-7-6-13-11-24-12-14(13)8-16/h6-10,24H,3-5,11-12H2,1-2H3,(H,25,30)(H,26,27). The van der Waals surface area contributed by atoms with E-state index in [-0.39, 0.29) is 11.8 Å². The molecule has 2 heterocycles. The molecule has 2 aromatic carbocycles. The van der Waals surface area contributed by atoms with Gasteiger partial charge in [-0.3, -0.25) is 9.59 Å². The fourth-order valence-electron chi connectivity index (χ4n) is 3.63. The zero-order chi connectivity index (χ0) is 21.3. The third-order valence-electron chi connectivity index (χ3n) is 5.24. The van der Waals surface area contributed by atoms with Gasteiger partial charge in [-0.05, 0) is 41.8 Å². The molecule has 0 unspecified atom stereocenters. The van der Waals surface area contributed by atoms with Crippen molar-refractivity contribution in [3.05, 3.63) is 57.9 Å². The zero-order valence-electron chi connectivity index (χ0n) is 17.0. The number of rotatable bonds is 6. The monoisotopic (exact) mass is 425 g/mol. The van der Waals surface area contributed by atoms with Gasteiger partial charge in [0.2, 0.25) is 5.91 Å². The predicted molar refractivity (Wildman–Crippen MR) is 118 cm³/mol. The van der Waals surface area contributed by atoms with Gasteiger partial charge in [0.05, 0.1) is 11.1 Å². The van der Waals surface area contributed by atoms with E-state index in [1.165, 1.54) is 11.1 Å². The number of nitrogens with zero attached hydrogens (tertiary/aromatic N) is 2. The molecule has 156 valence electrons. The SMILES string of the molecule is CN(C)C(=O)CCCc1nc2c(C(=O)Nc3ccc4c(c3)CNC4)cc(Cl)cc2[nH]1. The molecule has 3 aromatic rings.